The number of hydrogen-bond acceptors (Lipinski definition) is 5. The Hall–Kier alpha value is -1.15. The maximum atomic E-state index is 12.6. The van der Waals surface area contributed by atoms with Gasteiger partial charge in [-0.2, -0.15) is 4.31 Å². The summed E-state index contributed by atoms with van der Waals surface area (Å²) in [5.41, 5.74) is 5.36. The standard InChI is InChI=1S/C14H24N2O4S/c1-12(2)16(9-11-19-3)21(17,18)14-6-4-13(5-7-14)20-10-8-15/h4-7,12H,8-11,15H2,1-3H3. The van der Waals surface area contributed by atoms with Crippen LogP contribution in [0.25, 0.3) is 0 Å². The van der Waals surface area contributed by atoms with Crippen molar-refractivity contribution in [2.45, 2.75) is 24.8 Å². The first-order chi connectivity index (χ1) is 9.93. The first-order valence-electron chi connectivity index (χ1n) is 6.87. The molecule has 0 spiro atoms. The fraction of sp³-hybridized carbons (Fsp3) is 0.571. The third-order valence-corrected chi connectivity index (χ3v) is 5.00. The van der Waals surface area contributed by atoms with Crippen LogP contribution in [0.4, 0.5) is 0 Å². The molecule has 0 atom stereocenters. The van der Waals surface area contributed by atoms with Crippen molar-refractivity contribution in [1.82, 2.24) is 4.31 Å². The number of sulfonamides is 1. The van der Waals surface area contributed by atoms with Gasteiger partial charge in [0.05, 0.1) is 11.5 Å². The van der Waals surface area contributed by atoms with Crippen LogP contribution >= 0.6 is 0 Å². The maximum Gasteiger partial charge on any atom is 0.243 e. The van der Waals surface area contributed by atoms with Gasteiger partial charge in [0.1, 0.15) is 12.4 Å². The lowest BCUT2D eigenvalue weighted by atomic mass is 10.3. The second-order valence-corrected chi connectivity index (χ2v) is 6.70. The van der Waals surface area contributed by atoms with Gasteiger partial charge in [0.2, 0.25) is 10.0 Å². The second kappa shape index (κ2) is 8.33. The fourth-order valence-electron chi connectivity index (χ4n) is 1.86. The number of nitrogens with zero attached hydrogens (tertiary/aromatic N) is 1. The van der Waals surface area contributed by atoms with Gasteiger partial charge in [0.15, 0.2) is 0 Å². The van der Waals surface area contributed by atoms with E-state index in [4.69, 9.17) is 15.2 Å². The van der Waals surface area contributed by atoms with E-state index in [1.807, 2.05) is 13.8 Å². The topological polar surface area (TPSA) is 81.9 Å². The zero-order valence-corrected chi connectivity index (χ0v) is 13.6. The summed E-state index contributed by atoms with van der Waals surface area (Å²) in [4.78, 5) is 0.243. The van der Waals surface area contributed by atoms with Gasteiger partial charge < -0.3 is 15.2 Å². The van der Waals surface area contributed by atoms with Gasteiger partial charge in [-0.25, -0.2) is 8.42 Å². The van der Waals surface area contributed by atoms with Crippen molar-refractivity contribution in [3.8, 4) is 5.75 Å². The molecule has 1 aromatic rings. The summed E-state index contributed by atoms with van der Waals surface area (Å²) in [7, 11) is -1.99. The van der Waals surface area contributed by atoms with Crippen LogP contribution in [-0.4, -0.2) is 52.2 Å². The van der Waals surface area contributed by atoms with E-state index in [9.17, 15) is 8.42 Å². The highest BCUT2D eigenvalue weighted by Crippen LogP contribution is 2.21. The number of benzene rings is 1. The average Bonchev–Trinajstić information content (AvgIpc) is 2.45. The summed E-state index contributed by atoms with van der Waals surface area (Å²) < 4.78 is 37.0. The van der Waals surface area contributed by atoms with E-state index in [2.05, 4.69) is 0 Å². The predicted octanol–water partition coefficient (Wildman–Crippen LogP) is 1.07. The van der Waals surface area contributed by atoms with Gasteiger partial charge >= 0.3 is 0 Å². The number of rotatable bonds is 9. The third-order valence-electron chi connectivity index (χ3n) is 2.91. The summed E-state index contributed by atoms with van der Waals surface area (Å²) in [5.74, 6) is 0.604. The van der Waals surface area contributed by atoms with Crippen LogP contribution in [0.1, 0.15) is 13.8 Å². The highest BCUT2D eigenvalue weighted by molar-refractivity contribution is 7.89. The summed E-state index contributed by atoms with van der Waals surface area (Å²) in [6.45, 7) is 5.17. The molecule has 0 unspecified atom stereocenters. The van der Waals surface area contributed by atoms with E-state index in [-0.39, 0.29) is 10.9 Å². The van der Waals surface area contributed by atoms with Crippen molar-refractivity contribution in [2.24, 2.45) is 5.73 Å². The van der Waals surface area contributed by atoms with Crippen molar-refractivity contribution in [3.05, 3.63) is 24.3 Å². The Labute approximate surface area is 126 Å². The molecule has 1 rings (SSSR count). The van der Waals surface area contributed by atoms with Crippen molar-refractivity contribution < 1.29 is 17.9 Å². The van der Waals surface area contributed by atoms with Crippen LogP contribution in [0.3, 0.4) is 0 Å². The molecule has 0 aliphatic heterocycles. The minimum Gasteiger partial charge on any atom is -0.492 e. The monoisotopic (exact) mass is 316 g/mol. The van der Waals surface area contributed by atoms with E-state index >= 15 is 0 Å². The van der Waals surface area contributed by atoms with Gasteiger partial charge in [0.25, 0.3) is 0 Å². The van der Waals surface area contributed by atoms with Crippen LogP contribution in [0, 0.1) is 0 Å². The zero-order chi connectivity index (χ0) is 15.9. The molecule has 6 nitrogen and oxygen atoms in total. The molecule has 7 heteroatoms. The Morgan fingerprint density at radius 3 is 2.29 bits per heavy atom. The average molecular weight is 316 g/mol. The molecule has 0 saturated heterocycles. The summed E-state index contributed by atoms with van der Waals surface area (Å²) in [5, 5.41) is 0. The minimum atomic E-state index is -3.54. The number of hydrogen-bond donors (Lipinski definition) is 1. The molecule has 120 valence electrons. The molecule has 0 heterocycles. The van der Waals surface area contributed by atoms with Crippen molar-refractivity contribution in [1.29, 1.82) is 0 Å². The largest absolute Gasteiger partial charge is 0.492 e. The first-order valence-corrected chi connectivity index (χ1v) is 8.31. The molecule has 0 aliphatic rings. The highest BCUT2D eigenvalue weighted by atomic mass is 32.2. The highest BCUT2D eigenvalue weighted by Gasteiger charge is 2.26. The Kier molecular flexibility index (Phi) is 7.10. The smallest absolute Gasteiger partial charge is 0.243 e. The van der Waals surface area contributed by atoms with Crippen molar-refractivity contribution in [3.63, 3.8) is 0 Å². The lowest BCUT2D eigenvalue weighted by molar-refractivity contribution is 0.171. The lowest BCUT2D eigenvalue weighted by Gasteiger charge is -2.25. The molecule has 0 fully saturated rings. The molecule has 0 amide bonds. The van der Waals surface area contributed by atoms with Gasteiger partial charge in [0, 0.05) is 26.2 Å². The molecule has 0 radical (unpaired) electrons. The van der Waals surface area contributed by atoms with Crippen molar-refractivity contribution in [2.75, 3.05) is 33.4 Å². The van der Waals surface area contributed by atoms with Gasteiger partial charge in [-0.1, -0.05) is 0 Å². The first kappa shape index (κ1) is 17.9. The Morgan fingerprint density at radius 2 is 1.81 bits per heavy atom. The van der Waals surface area contributed by atoms with Crippen LogP contribution < -0.4 is 10.5 Å². The summed E-state index contributed by atoms with van der Waals surface area (Å²) in [6.07, 6.45) is 0. The minimum absolute atomic E-state index is 0.140. The molecular formula is C14H24N2O4S. The number of ether oxygens (including phenoxy) is 2. The number of methoxy groups -OCH3 is 1. The number of nitrogens with two attached hydrogens (primary N) is 1. The van der Waals surface area contributed by atoms with Crippen LogP contribution in [0.5, 0.6) is 5.75 Å². The van der Waals surface area contributed by atoms with E-state index in [1.165, 1.54) is 4.31 Å². The molecule has 0 saturated carbocycles. The van der Waals surface area contributed by atoms with Crippen LogP contribution in [-0.2, 0) is 14.8 Å². The zero-order valence-electron chi connectivity index (χ0n) is 12.8. The molecule has 0 aromatic heterocycles. The SMILES string of the molecule is COCCN(C(C)C)S(=O)(=O)c1ccc(OCCN)cc1. The predicted molar refractivity (Wildman–Crippen MR) is 81.9 cm³/mol. The quantitative estimate of drug-likeness (QED) is 0.737. The van der Waals surface area contributed by atoms with Gasteiger partial charge in [-0.05, 0) is 38.1 Å². The van der Waals surface area contributed by atoms with Crippen molar-refractivity contribution >= 4 is 10.0 Å². The summed E-state index contributed by atoms with van der Waals surface area (Å²) >= 11 is 0. The molecule has 0 bridgehead atoms. The fourth-order valence-corrected chi connectivity index (χ4v) is 3.48. The van der Waals surface area contributed by atoms with Crippen LogP contribution in [0.15, 0.2) is 29.2 Å². The van der Waals surface area contributed by atoms with E-state index in [0.717, 1.165) is 0 Å². The van der Waals surface area contributed by atoms with E-state index in [1.54, 1.807) is 31.4 Å². The van der Waals surface area contributed by atoms with Crippen LogP contribution in [0.2, 0.25) is 0 Å². The van der Waals surface area contributed by atoms with Gasteiger partial charge in [-0.15, -0.1) is 0 Å². The Morgan fingerprint density at radius 1 is 1.19 bits per heavy atom. The molecule has 21 heavy (non-hydrogen) atoms. The summed E-state index contributed by atoms with van der Waals surface area (Å²) in [6, 6.07) is 6.22. The molecule has 0 aliphatic carbocycles. The van der Waals surface area contributed by atoms with Gasteiger partial charge in [-0.3, -0.25) is 0 Å². The third kappa shape index (κ3) is 4.96. The van der Waals surface area contributed by atoms with E-state index < -0.39 is 10.0 Å². The second-order valence-electron chi connectivity index (χ2n) is 4.81. The normalized spacial score (nSPS) is 12.1. The Balaban J connectivity index is 2.94. The molecule has 2 N–H and O–H groups in total. The Bertz CT molecular complexity index is 514. The molecular weight excluding hydrogens is 292 g/mol. The molecule has 1 aromatic carbocycles. The maximum absolute atomic E-state index is 12.6. The lowest BCUT2D eigenvalue weighted by Crippen LogP contribution is -2.39. The van der Waals surface area contributed by atoms with E-state index in [0.29, 0.717) is 32.1 Å².